The SMILES string of the molecule is O=C1CCC(Nc2nnc(Cl)c3ccccc23)C(=O)N1. The van der Waals surface area contributed by atoms with Crippen molar-refractivity contribution in [2.24, 2.45) is 0 Å². The number of fused-ring (bicyclic) bond motifs is 1. The van der Waals surface area contributed by atoms with Crippen LogP contribution in [0.25, 0.3) is 10.8 Å². The van der Waals surface area contributed by atoms with E-state index in [1.807, 2.05) is 24.3 Å². The Labute approximate surface area is 119 Å². The van der Waals surface area contributed by atoms with E-state index in [0.717, 1.165) is 10.8 Å². The number of carbonyl (C=O) groups is 2. The molecule has 1 fully saturated rings. The third-order valence-electron chi connectivity index (χ3n) is 3.19. The van der Waals surface area contributed by atoms with Gasteiger partial charge >= 0.3 is 0 Å². The van der Waals surface area contributed by atoms with Crippen LogP contribution in [0, 0.1) is 0 Å². The molecular formula is C13H11ClN4O2. The number of anilines is 1. The van der Waals surface area contributed by atoms with Crippen LogP contribution in [0.4, 0.5) is 5.82 Å². The number of halogens is 1. The van der Waals surface area contributed by atoms with Gasteiger partial charge < -0.3 is 5.32 Å². The number of hydrogen-bond donors (Lipinski definition) is 2. The highest BCUT2D eigenvalue weighted by Gasteiger charge is 2.27. The zero-order chi connectivity index (χ0) is 14.1. The molecule has 2 aromatic rings. The second-order valence-electron chi connectivity index (χ2n) is 4.53. The topological polar surface area (TPSA) is 84.0 Å². The molecule has 3 rings (SSSR count). The Kier molecular flexibility index (Phi) is 3.23. The van der Waals surface area contributed by atoms with Gasteiger partial charge in [-0.05, 0) is 6.42 Å². The van der Waals surface area contributed by atoms with Gasteiger partial charge in [0.15, 0.2) is 11.0 Å². The molecule has 0 saturated carbocycles. The number of nitrogens with zero attached hydrogens (tertiary/aromatic N) is 2. The number of benzene rings is 1. The Morgan fingerprint density at radius 1 is 1.20 bits per heavy atom. The largest absolute Gasteiger partial charge is 0.356 e. The number of hydrogen-bond acceptors (Lipinski definition) is 5. The predicted molar refractivity (Wildman–Crippen MR) is 74.3 cm³/mol. The minimum absolute atomic E-state index is 0.250. The molecule has 1 atom stereocenters. The molecule has 102 valence electrons. The summed E-state index contributed by atoms with van der Waals surface area (Å²) in [5.74, 6) is -0.110. The number of nitrogens with one attached hydrogen (secondary N) is 2. The smallest absolute Gasteiger partial charge is 0.249 e. The minimum atomic E-state index is -0.494. The zero-order valence-corrected chi connectivity index (χ0v) is 11.1. The van der Waals surface area contributed by atoms with E-state index in [9.17, 15) is 9.59 Å². The van der Waals surface area contributed by atoms with Gasteiger partial charge in [-0.15, -0.1) is 10.2 Å². The van der Waals surface area contributed by atoms with Gasteiger partial charge in [-0.2, -0.15) is 0 Å². The maximum absolute atomic E-state index is 11.7. The van der Waals surface area contributed by atoms with Gasteiger partial charge in [0, 0.05) is 17.2 Å². The van der Waals surface area contributed by atoms with E-state index in [4.69, 9.17) is 11.6 Å². The predicted octanol–water partition coefficient (Wildman–Crippen LogP) is 1.50. The zero-order valence-electron chi connectivity index (χ0n) is 10.4. The average molecular weight is 291 g/mol. The molecule has 0 bridgehead atoms. The first kappa shape index (κ1) is 12.8. The number of imide groups is 1. The van der Waals surface area contributed by atoms with Gasteiger partial charge in [-0.25, -0.2) is 0 Å². The highest BCUT2D eigenvalue weighted by Crippen LogP contribution is 2.26. The van der Waals surface area contributed by atoms with Crippen molar-refractivity contribution in [3.63, 3.8) is 0 Å². The van der Waals surface area contributed by atoms with Crippen molar-refractivity contribution in [3.8, 4) is 0 Å². The first-order chi connectivity index (χ1) is 9.65. The van der Waals surface area contributed by atoms with Crippen LogP contribution in [0.3, 0.4) is 0 Å². The molecule has 1 saturated heterocycles. The summed E-state index contributed by atoms with van der Waals surface area (Å²) in [6.45, 7) is 0. The van der Waals surface area contributed by atoms with E-state index in [-0.39, 0.29) is 11.8 Å². The number of aromatic nitrogens is 2. The number of piperidine rings is 1. The molecule has 2 heterocycles. The molecule has 1 aliphatic heterocycles. The Hall–Kier alpha value is -2.21. The summed E-state index contributed by atoms with van der Waals surface area (Å²) in [5, 5.41) is 15.0. The van der Waals surface area contributed by atoms with Crippen LogP contribution in [0.2, 0.25) is 5.15 Å². The van der Waals surface area contributed by atoms with Crippen LogP contribution in [0.1, 0.15) is 12.8 Å². The van der Waals surface area contributed by atoms with Crippen molar-refractivity contribution >= 4 is 40.0 Å². The van der Waals surface area contributed by atoms with Gasteiger partial charge in [0.05, 0.1) is 0 Å². The lowest BCUT2D eigenvalue weighted by Crippen LogP contribution is -2.47. The maximum Gasteiger partial charge on any atom is 0.249 e. The van der Waals surface area contributed by atoms with Gasteiger partial charge in [0.2, 0.25) is 11.8 Å². The normalized spacial score (nSPS) is 18.9. The fourth-order valence-corrected chi connectivity index (χ4v) is 2.38. The minimum Gasteiger partial charge on any atom is -0.356 e. The van der Waals surface area contributed by atoms with Gasteiger partial charge in [-0.3, -0.25) is 14.9 Å². The maximum atomic E-state index is 11.7. The van der Waals surface area contributed by atoms with Crippen LogP contribution in [0.5, 0.6) is 0 Å². The molecular weight excluding hydrogens is 280 g/mol. The first-order valence-corrected chi connectivity index (χ1v) is 6.54. The number of carbonyl (C=O) groups excluding carboxylic acids is 2. The van der Waals surface area contributed by atoms with Crippen molar-refractivity contribution in [1.29, 1.82) is 0 Å². The van der Waals surface area contributed by atoms with Crippen LogP contribution in [-0.2, 0) is 9.59 Å². The Morgan fingerprint density at radius 2 is 1.95 bits per heavy atom. The molecule has 6 nitrogen and oxygen atoms in total. The number of rotatable bonds is 2. The van der Waals surface area contributed by atoms with Gasteiger partial charge in [0.25, 0.3) is 0 Å². The van der Waals surface area contributed by atoms with E-state index in [2.05, 4.69) is 20.8 Å². The monoisotopic (exact) mass is 290 g/mol. The highest BCUT2D eigenvalue weighted by molar-refractivity contribution is 6.34. The molecule has 0 radical (unpaired) electrons. The standard InChI is InChI=1S/C13H11ClN4O2/c14-11-7-3-1-2-4-8(7)12(18-17-11)15-9-5-6-10(19)16-13(9)20/h1-4,9H,5-6H2,(H,15,18)(H,16,19,20). The molecule has 2 amide bonds. The fourth-order valence-electron chi connectivity index (χ4n) is 2.17. The third-order valence-corrected chi connectivity index (χ3v) is 3.47. The van der Waals surface area contributed by atoms with Crippen LogP contribution < -0.4 is 10.6 Å². The summed E-state index contributed by atoms with van der Waals surface area (Å²) in [5.41, 5.74) is 0. The third kappa shape index (κ3) is 2.30. The lowest BCUT2D eigenvalue weighted by molar-refractivity contribution is -0.133. The van der Waals surface area contributed by atoms with Crippen molar-refractivity contribution in [1.82, 2.24) is 15.5 Å². The van der Waals surface area contributed by atoms with Crippen molar-refractivity contribution in [3.05, 3.63) is 29.4 Å². The molecule has 1 aliphatic rings. The first-order valence-electron chi connectivity index (χ1n) is 6.16. The van der Waals surface area contributed by atoms with Crippen LogP contribution in [-0.4, -0.2) is 28.1 Å². The summed E-state index contributed by atoms with van der Waals surface area (Å²) in [6.07, 6.45) is 0.742. The van der Waals surface area contributed by atoms with Crippen LogP contribution >= 0.6 is 11.6 Å². The van der Waals surface area contributed by atoms with E-state index >= 15 is 0 Å². The summed E-state index contributed by atoms with van der Waals surface area (Å²) < 4.78 is 0. The summed E-state index contributed by atoms with van der Waals surface area (Å²) in [7, 11) is 0. The molecule has 0 spiro atoms. The molecule has 2 N–H and O–H groups in total. The highest BCUT2D eigenvalue weighted by atomic mass is 35.5. The second-order valence-corrected chi connectivity index (χ2v) is 4.89. The van der Waals surface area contributed by atoms with Crippen molar-refractivity contribution in [2.75, 3.05) is 5.32 Å². The van der Waals surface area contributed by atoms with E-state index in [1.54, 1.807) is 0 Å². The van der Waals surface area contributed by atoms with Gasteiger partial charge in [0.1, 0.15) is 6.04 Å². The van der Waals surface area contributed by atoms with Crippen molar-refractivity contribution in [2.45, 2.75) is 18.9 Å². The lowest BCUT2D eigenvalue weighted by Gasteiger charge is -2.22. The second kappa shape index (κ2) is 5.05. The summed E-state index contributed by atoms with van der Waals surface area (Å²) in [4.78, 5) is 22.9. The molecule has 1 aromatic heterocycles. The molecule has 20 heavy (non-hydrogen) atoms. The Bertz CT molecular complexity index is 704. The number of amides is 2. The molecule has 1 unspecified atom stereocenters. The molecule has 1 aromatic carbocycles. The summed E-state index contributed by atoms with van der Waals surface area (Å²) in [6, 6.07) is 6.90. The van der Waals surface area contributed by atoms with Crippen molar-refractivity contribution < 1.29 is 9.59 Å². The molecule has 0 aliphatic carbocycles. The Balaban J connectivity index is 1.93. The van der Waals surface area contributed by atoms with Gasteiger partial charge in [-0.1, -0.05) is 35.9 Å². The average Bonchev–Trinajstić information content (AvgIpc) is 2.45. The lowest BCUT2D eigenvalue weighted by atomic mass is 10.1. The van der Waals surface area contributed by atoms with Crippen LogP contribution in [0.15, 0.2) is 24.3 Å². The van der Waals surface area contributed by atoms with E-state index < -0.39 is 6.04 Å². The van der Waals surface area contributed by atoms with E-state index in [0.29, 0.717) is 23.8 Å². The summed E-state index contributed by atoms with van der Waals surface area (Å²) >= 11 is 5.99. The quantitative estimate of drug-likeness (QED) is 0.819. The van der Waals surface area contributed by atoms with E-state index in [1.165, 1.54) is 0 Å². The Morgan fingerprint density at radius 3 is 2.70 bits per heavy atom. The fraction of sp³-hybridized carbons (Fsp3) is 0.231. The molecule has 7 heteroatoms.